The Morgan fingerprint density at radius 1 is 1.04 bits per heavy atom. The van der Waals surface area contributed by atoms with E-state index in [2.05, 4.69) is 0 Å². The van der Waals surface area contributed by atoms with Gasteiger partial charge >= 0.3 is 161 Å². The van der Waals surface area contributed by atoms with Gasteiger partial charge in [0.15, 0.2) is 0 Å². The number of methoxy groups -OCH3 is 1. The number of quaternary nitrogens is 1. The molecule has 0 radical (unpaired) electrons. The third-order valence-electron chi connectivity index (χ3n) is 4.82. The fourth-order valence-corrected chi connectivity index (χ4v) is 6.19. The topological polar surface area (TPSA) is 60.4 Å². The van der Waals surface area contributed by atoms with E-state index in [1.165, 1.54) is 37.4 Å². The van der Waals surface area contributed by atoms with Gasteiger partial charge in [-0.15, -0.1) is 0 Å². The number of hydrogen-bond donors (Lipinski definition) is 0. The molecule has 2 rings (SSSR count). The predicted octanol–water partition coefficient (Wildman–Crippen LogP) is 2.50. The quantitative estimate of drug-likeness (QED) is 0.377. The van der Waals surface area contributed by atoms with Crippen molar-refractivity contribution in [3.63, 3.8) is 0 Å². The number of likely N-dealkylation sites (N-methyl/N-ethyl adjacent to an activating group) is 1. The zero-order chi connectivity index (χ0) is 20.3. The van der Waals surface area contributed by atoms with E-state index in [9.17, 15) is 16.9 Å². The summed E-state index contributed by atoms with van der Waals surface area (Å²) in [7, 11) is 6.41. The van der Waals surface area contributed by atoms with Crippen LogP contribution in [-0.2, 0) is 22.7 Å². The van der Waals surface area contributed by atoms with E-state index in [0.29, 0.717) is 0 Å². The van der Waals surface area contributed by atoms with Crippen molar-refractivity contribution in [1.29, 1.82) is 0 Å². The van der Waals surface area contributed by atoms with Crippen LogP contribution in [0.2, 0.25) is 5.32 Å². The van der Waals surface area contributed by atoms with Crippen molar-refractivity contribution < 1.29 is 26.1 Å². The number of ether oxygens (including phenoxy) is 1. The molecule has 0 spiro atoms. The summed E-state index contributed by atoms with van der Waals surface area (Å²) in [6, 6.07) is 14.1. The predicted molar refractivity (Wildman–Crippen MR) is 101 cm³/mol. The first-order valence-electron chi connectivity index (χ1n) is 8.49. The number of hydrogen-bond acceptors (Lipinski definition) is 4. The molecule has 2 aromatic carbocycles. The molecule has 0 heterocycles. The van der Waals surface area contributed by atoms with Crippen molar-refractivity contribution in [2.24, 2.45) is 0 Å². The van der Waals surface area contributed by atoms with Crippen LogP contribution in [0, 0.1) is 5.82 Å². The number of benzene rings is 2. The van der Waals surface area contributed by atoms with Crippen LogP contribution in [0.5, 0.6) is 0 Å². The van der Waals surface area contributed by atoms with Crippen LogP contribution in [0.15, 0.2) is 54.6 Å². The molecule has 0 fully saturated rings. The van der Waals surface area contributed by atoms with E-state index < -0.39 is 30.0 Å². The van der Waals surface area contributed by atoms with Gasteiger partial charge in [0.2, 0.25) is 0 Å². The summed E-state index contributed by atoms with van der Waals surface area (Å²) < 4.78 is 45.6. The van der Waals surface area contributed by atoms with Crippen molar-refractivity contribution in [3.05, 3.63) is 66.0 Å². The number of rotatable bonds is 7. The zero-order valence-corrected chi connectivity index (χ0v) is 17.7. The van der Waals surface area contributed by atoms with Crippen LogP contribution >= 0.6 is 0 Å². The Kier molecular flexibility index (Phi) is 6.20. The van der Waals surface area contributed by atoms with Gasteiger partial charge in [0.25, 0.3) is 0 Å². The van der Waals surface area contributed by atoms with Crippen molar-refractivity contribution in [2.45, 2.75) is 17.3 Å². The number of carbonyl (C=O) groups is 1. The summed E-state index contributed by atoms with van der Waals surface area (Å²) in [5.41, 5.74) is -1.36. The maximum absolute atomic E-state index is 14.7. The third kappa shape index (κ3) is 4.10. The maximum atomic E-state index is 14.7. The average molecular weight is 441 g/mol. The van der Waals surface area contributed by atoms with Gasteiger partial charge in [-0.25, -0.2) is 0 Å². The van der Waals surface area contributed by atoms with E-state index in [0.717, 1.165) is 0 Å². The van der Waals surface area contributed by atoms with Gasteiger partial charge in [0.05, 0.1) is 0 Å². The molecule has 5 nitrogen and oxygen atoms in total. The van der Waals surface area contributed by atoms with Gasteiger partial charge in [-0.2, -0.15) is 0 Å². The summed E-state index contributed by atoms with van der Waals surface area (Å²) in [6.07, 6.45) is -0.0913. The summed E-state index contributed by atoms with van der Waals surface area (Å²) in [6.45, 7) is 0. The van der Waals surface area contributed by atoms with Crippen molar-refractivity contribution in [1.82, 2.24) is 0 Å². The molecule has 0 aliphatic rings. The molecule has 0 aromatic heterocycles. The standard InChI is InChI=1S/C20H25FNO4Se/c1-22(2,3)20(19(23)26-4,17-12-8-9-13-18(17)21)14-15-27(24,25)16-10-6-5-7-11-16/h5-13H,14-15H2,1-4H3/q+1. The molecule has 7 heteroatoms. The van der Waals surface area contributed by atoms with Crippen LogP contribution in [0.1, 0.15) is 12.0 Å². The fourth-order valence-electron chi connectivity index (χ4n) is 3.31. The Hall–Kier alpha value is -2.08. The molecule has 1 atom stereocenters. The van der Waals surface area contributed by atoms with E-state index in [1.807, 2.05) is 0 Å². The molecule has 0 saturated heterocycles. The number of carbonyl (C=O) groups excluding carboxylic acids is 1. The van der Waals surface area contributed by atoms with Gasteiger partial charge < -0.3 is 0 Å². The van der Waals surface area contributed by atoms with Gasteiger partial charge in [0, 0.05) is 0 Å². The summed E-state index contributed by atoms with van der Waals surface area (Å²) in [5, 5.41) is -0.251. The Bertz CT molecular complexity index is 907. The molecule has 2 aromatic rings. The number of nitrogens with zero attached hydrogens (tertiary/aromatic N) is 1. The van der Waals surface area contributed by atoms with Crippen LogP contribution in [0.25, 0.3) is 0 Å². The molecule has 27 heavy (non-hydrogen) atoms. The second-order valence-electron chi connectivity index (χ2n) is 7.23. The number of esters is 1. The summed E-state index contributed by atoms with van der Waals surface area (Å²) in [4.78, 5) is 12.9. The Balaban J connectivity index is 2.57. The molecule has 0 bridgehead atoms. The Labute approximate surface area is 161 Å². The Morgan fingerprint density at radius 3 is 2.11 bits per heavy atom. The summed E-state index contributed by atoms with van der Waals surface area (Å²) >= 11 is -4.52. The molecule has 0 aliphatic heterocycles. The van der Waals surface area contributed by atoms with Crippen molar-refractivity contribution >= 4 is 23.1 Å². The minimum atomic E-state index is -4.52. The van der Waals surface area contributed by atoms with E-state index in [4.69, 9.17) is 4.74 Å². The Morgan fingerprint density at radius 2 is 1.59 bits per heavy atom. The molecule has 0 aliphatic carbocycles. The third-order valence-corrected chi connectivity index (χ3v) is 8.46. The SMILES string of the molecule is COC(=O)C(CC[Se](=O)(=O)c1ccccc1)(c1ccccc1F)[N+](C)(C)C. The monoisotopic (exact) mass is 442 g/mol. The molecule has 1 unspecified atom stereocenters. The molecule has 0 saturated carbocycles. The molecule has 0 amide bonds. The van der Waals surface area contributed by atoms with Gasteiger partial charge in [-0.3, -0.25) is 0 Å². The van der Waals surface area contributed by atoms with Crippen molar-refractivity contribution in [2.75, 3.05) is 28.3 Å². The fraction of sp³-hybridized carbons (Fsp3) is 0.350. The first-order chi connectivity index (χ1) is 12.6. The first kappa shape index (κ1) is 21.2. The van der Waals surface area contributed by atoms with E-state index >= 15 is 0 Å². The minimum absolute atomic E-state index is 0.0112. The molecule has 146 valence electrons. The first-order valence-corrected chi connectivity index (χ1v) is 12.0. The van der Waals surface area contributed by atoms with Crippen LogP contribution in [-0.4, -0.2) is 51.4 Å². The van der Waals surface area contributed by atoms with Crippen LogP contribution in [0.3, 0.4) is 0 Å². The van der Waals surface area contributed by atoms with E-state index in [-0.39, 0.29) is 26.2 Å². The average Bonchev–Trinajstić information content (AvgIpc) is 2.62. The zero-order valence-electron chi connectivity index (χ0n) is 16.0. The van der Waals surface area contributed by atoms with Gasteiger partial charge in [-0.05, 0) is 0 Å². The molecular weight excluding hydrogens is 416 g/mol. The van der Waals surface area contributed by atoms with Crippen LogP contribution in [0.4, 0.5) is 4.39 Å². The molecular formula is C20H25FNO4Se+. The van der Waals surface area contributed by atoms with E-state index in [1.54, 1.807) is 45.4 Å². The van der Waals surface area contributed by atoms with Crippen LogP contribution < -0.4 is 4.46 Å². The second kappa shape index (κ2) is 7.88. The summed E-state index contributed by atoms with van der Waals surface area (Å²) in [5.74, 6) is -1.23. The van der Waals surface area contributed by atoms with Crippen molar-refractivity contribution in [3.8, 4) is 0 Å². The van der Waals surface area contributed by atoms with Gasteiger partial charge in [-0.1, -0.05) is 0 Å². The second-order valence-corrected chi connectivity index (χ2v) is 11.7. The van der Waals surface area contributed by atoms with Gasteiger partial charge in [0.1, 0.15) is 0 Å². The normalized spacial score (nSPS) is 14.4. The molecule has 0 N–H and O–H groups in total. The number of halogens is 1.